The molecule has 1 heterocycles. The van der Waals surface area contributed by atoms with Crippen LogP contribution in [0.3, 0.4) is 0 Å². The summed E-state index contributed by atoms with van der Waals surface area (Å²) in [5, 5.41) is 0.233. The van der Waals surface area contributed by atoms with E-state index in [-0.39, 0.29) is 16.8 Å². The van der Waals surface area contributed by atoms with E-state index in [0.29, 0.717) is 23.2 Å². The molecule has 0 aromatic heterocycles. The molecule has 0 unspecified atom stereocenters. The smallest absolute Gasteiger partial charge is 0.162 e. The Hall–Kier alpha value is -1.65. The molecule has 0 spiro atoms. The van der Waals surface area contributed by atoms with Crippen LogP contribution in [0.25, 0.3) is 0 Å². The molecule has 3 rings (SSSR count). The first-order chi connectivity index (χ1) is 10.1. The molecular formula is C16H11ClFNOS. The largest absolute Gasteiger partial charge is 0.294 e. The molecule has 0 saturated heterocycles. The first kappa shape index (κ1) is 14.3. The maximum Gasteiger partial charge on any atom is 0.162 e. The summed E-state index contributed by atoms with van der Waals surface area (Å²) >= 11 is 7.67. The average molecular weight is 320 g/mol. The zero-order valence-corrected chi connectivity index (χ0v) is 12.8. The lowest BCUT2D eigenvalue weighted by molar-refractivity contribution is 0.0988. The normalized spacial score (nSPS) is 13.0. The molecule has 2 nitrogen and oxygen atoms in total. The van der Waals surface area contributed by atoms with Gasteiger partial charge in [-0.1, -0.05) is 36.4 Å². The third-order valence-corrected chi connectivity index (χ3v) is 4.63. The van der Waals surface area contributed by atoms with E-state index in [1.807, 2.05) is 13.0 Å². The van der Waals surface area contributed by atoms with Crippen molar-refractivity contribution in [1.29, 1.82) is 0 Å². The molecule has 1 aliphatic heterocycles. The van der Waals surface area contributed by atoms with E-state index in [9.17, 15) is 9.18 Å². The van der Waals surface area contributed by atoms with Crippen LogP contribution >= 0.6 is 23.4 Å². The van der Waals surface area contributed by atoms with Gasteiger partial charge in [0.25, 0.3) is 0 Å². The number of rotatable bonds is 2. The molecule has 0 N–H and O–H groups in total. The van der Waals surface area contributed by atoms with Crippen molar-refractivity contribution >= 4 is 40.0 Å². The average Bonchev–Trinajstić information content (AvgIpc) is 2.62. The number of Topliss-reactive ketones (excluding diaryl/α,β-unsaturated/α-hetero) is 1. The van der Waals surface area contributed by atoms with E-state index in [1.54, 1.807) is 18.2 Å². The summed E-state index contributed by atoms with van der Waals surface area (Å²) in [7, 11) is 0. The lowest BCUT2D eigenvalue weighted by Crippen LogP contribution is -1.96. The number of hydrogen-bond donors (Lipinski definition) is 0. The van der Waals surface area contributed by atoms with Gasteiger partial charge in [0.05, 0.1) is 5.69 Å². The van der Waals surface area contributed by atoms with Crippen LogP contribution in [0.4, 0.5) is 10.1 Å². The van der Waals surface area contributed by atoms with Crippen LogP contribution in [0, 0.1) is 5.82 Å². The van der Waals surface area contributed by atoms with Crippen molar-refractivity contribution in [1.82, 2.24) is 0 Å². The summed E-state index contributed by atoms with van der Waals surface area (Å²) in [4.78, 5) is 17.9. The van der Waals surface area contributed by atoms with Crippen molar-refractivity contribution < 1.29 is 9.18 Å². The molecule has 21 heavy (non-hydrogen) atoms. The Kier molecular flexibility index (Phi) is 3.83. The van der Waals surface area contributed by atoms with Gasteiger partial charge in [-0.05, 0) is 30.3 Å². The maximum absolute atomic E-state index is 13.4. The van der Waals surface area contributed by atoms with Gasteiger partial charge >= 0.3 is 0 Å². The molecule has 0 saturated carbocycles. The van der Waals surface area contributed by atoms with Crippen LogP contribution < -0.4 is 0 Å². The number of halogens is 2. The SMILES string of the molecule is CCC(=O)c1ccc2c(c1)N=C(Cl)c1cc(F)ccc1S2. The summed E-state index contributed by atoms with van der Waals surface area (Å²) in [5.41, 5.74) is 1.82. The highest BCUT2D eigenvalue weighted by molar-refractivity contribution is 7.99. The Morgan fingerprint density at radius 3 is 2.76 bits per heavy atom. The van der Waals surface area contributed by atoms with Gasteiger partial charge in [0.1, 0.15) is 11.0 Å². The zero-order valence-electron chi connectivity index (χ0n) is 11.2. The fourth-order valence-corrected chi connectivity index (χ4v) is 3.39. The molecule has 0 radical (unpaired) electrons. The van der Waals surface area contributed by atoms with E-state index in [2.05, 4.69) is 4.99 Å². The zero-order chi connectivity index (χ0) is 15.0. The van der Waals surface area contributed by atoms with Crippen molar-refractivity contribution in [2.24, 2.45) is 4.99 Å². The summed E-state index contributed by atoms with van der Waals surface area (Å²) in [6.45, 7) is 1.82. The van der Waals surface area contributed by atoms with Crippen LogP contribution in [-0.2, 0) is 0 Å². The Labute approximate surface area is 131 Å². The van der Waals surface area contributed by atoms with Crippen molar-refractivity contribution in [2.75, 3.05) is 0 Å². The first-order valence-corrected chi connectivity index (χ1v) is 7.67. The van der Waals surface area contributed by atoms with Crippen molar-refractivity contribution in [3.63, 3.8) is 0 Å². The molecule has 106 valence electrons. The Balaban J connectivity index is 2.13. The summed E-state index contributed by atoms with van der Waals surface area (Å²) in [6, 6.07) is 9.84. The summed E-state index contributed by atoms with van der Waals surface area (Å²) in [5.74, 6) is -0.294. The second-order valence-electron chi connectivity index (χ2n) is 4.60. The molecule has 1 aliphatic rings. The standard InChI is InChI=1S/C16H11ClFNOS/c1-2-13(20)9-3-5-15-12(7-9)19-16(17)11-8-10(18)4-6-14(11)21-15/h3-8H,2H2,1H3. The number of hydrogen-bond acceptors (Lipinski definition) is 3. The fourth-order valence-electron chi connectivity index (χ4n) is 2.11. The lowest BCUT2D eigenvalue weighted by atomic mass is 10.1. The molecule has 2 aromatic rings. The van der Waals surface area contributed by atoms with E-state index in [4.69, 9.17) is 11.6 Å². The highest BCUT2D eigenvalue weighted by Crippen LogP contribution is 2.41. The number of nitrogens with zero attached hydrogens (tertiary/aromatic N) is 1. The van der Waals surface area contributed by atoms with Crippen molar-refractivity contribution in [3.8, 4) is 0 Å². The van der Waals surface area contributed by atoms with Gasteiger partial charge in [0.15, 0.2) is 5.78 Å². The minimum Gasteiger partial charge on any atom is -0.294 e. The lowest BCUT2D eigenvalue weighted by Gasteiger charge is -2.06. The van der Waals surface area contributed by atoms with Crippen LogP contribution in [0.15, 0.2) is 51.2 Å². The number of benzene rings is 2. The molecule has 5 heteroatoms. The predicted molar refractivity (Wildman–Crippen MR) is 83.6 cm³/mol. The minimum atomic E-state index is -0.351. The van der Waals surface area contributed by atoms with Gasteiger partial charge < -0.3 is 0 Å². The monoisotopic (exact) mass is 319 g/mol. The molecule has 0 aliphatic carbocycles. The van der Waals surface area contributed by atoms with Gasteiger partial charge in [-0.3, -0.25) is 4.79 Å². The van der Waals surface area contributed by atoms with E-state index in [0.717, 1.165) is 9.79 Å². The van der Waals surface area contributed by atoms with E-state index >= 15 is 0 Å². The first-order valence-electron chi connectivity index (χ1n) is 6.47. The second-order valence-corrected chi connectivity index (χ2v) is 6.05. The van der Waals surface area contributed by atoms with Crippen molar-refractivity contribution in [2.45, 2.75) is 23.1 Å². The van der Waals surface area contributed by atoms with Crippen LogP contribution in [0.5, 0.6) is 0 Å². The maximum atomic E-state index is 13.4. The van der Waals surface area contributed by atoms with Crippen molar-refractivity contribution in [3.05, 3.63) is 53.3 Å². The Morgan fingerprint density at radius 1 is 1.24 bits per heavy atom. The van der Waals surface area contributed by atoms with Gasteiger partial charge in [-0.15, -0.1) is 0 Å². The Morgan fingerprint density at radius 2 is 2.00 bits per heavy atom. The molecular weight excluding hydrogens is 309 g/mol. The molecule has 0 fully saturated rings. The Bertz CT molecular complexity index is 773. The highest BCUT2D eigenvalue weighted by atomic mass is 35.5. The number of carbonyl (C=O) groups excluding carboxylic acids is 1. The van der Waals surface area contributed by atoms with Gasteiger partial charge in [0.2, 0.25) is 0 Å². The minimum absolute atomic E-state index is 0.0573. The third-order valence-electron chi connectivity index (χ3n) is 3.20. The summed E-state index contributed by atoms with van der Waals surface area (Å²) < 4.78 is 13.4. The molecule has 0 bridgehead atoms. The molecule has 2 aromatic carbocycles. The second kappa shape index (κ2) is 5.62. The van der Waals surface area contributed by atoms with E-state index in [1.165, 1.54) is 23.9 Å². The highest BCUT2D eigenvalue weighted by Gasteiger charge is 2.18. The topological polar surface area (TPSA) is 29.4 Å². The predicted octanol–water partition coefficient (Wildman–Crippen LogP) is 5.20. The number of fused-ring (bicyclic) bond motifs is 2. The van der Waals surface area contributed by atoms with Gasteiger partial charge in [-0.25, -0.2) is 9.38 Å². The molecule has 0 atom stereocenters. The fraction of sp³-hybridized carbons (Fsp3) is 0.125. The van der Waals surface area contributed by atoms with Crippen LogP contribution in [0.2, 0.25) is 0 Å². The quantitative estimate of drug-likeness (QED) is 0.712. The summed E-state index contributed by atoms with van der Waals surface area (Å²) in [6.07, 6.45) is 0.439. The van der Waals surface area contributed by atoms with Crippen LogP contribution in [-0.4, -0.2) is 11.0 Å². The third kappa shape index (κ3) is 2.74. The van der Waals surface area contributed by atoms with Crippen LogP contribution in [0.1, 0.15) is 29.3 Å². The number of carbonyl (C=O) groups is 1. The molecule has 0 amide bonds. The van der Waals surface area contributed by atoms with Gasteiger partial charge in [0, 0.05) is 27.3 Å². The number of ketones is 1. The van der Waals surface area contributed by atoms with E-state index < -0.39 is 0 Å². The number of aliphatic imine (C=N–C) groups is 1. The van der Waals surface area contributed by atoms with Gasteiger partial charge in [-0.2, -0.15) is 0 Å².